The lowest BCUT2D eigenvalue weighted by Crippen LogP contribution is -2.37. The van der Waals surface area contributed by atoms with Crippen molar-refractivity contribution in [3.05, 3.63) is 52.5 Å². The Hall–Kier alpha value is -1.23. The fraction of sp³-hybridized carbons (Fsp3) is 0.471. The van der Waals surface area contributed by atoms with E-state index in [0.717, 1.165) is 17.0 Å². The number of nitrogens with one attached hydrogen (secondary N) is 1. The molecule has 0 fully saturated rings. The molecule has 2 rings (SSSR count). The second-order valence-electron chi connectivity index (χ2n) is 6.07. The van der Waals surface area contributed by atoms with E-state index >= 15 is 0 Å². The smallest absolute Gasteiger partial charge is 0.108 e. The monoisotopic (exact) mass is 304 g/mol. The van der Waals surface area contributed by atoms with E-state index < -0.39 is 5.60 Å². The third-order valence-electron chi connectivity index (χ3n) is 3.50. The normalized spacial score (nSPS) is 15.9. The van der Waals surface area contributed by atoms with Crippen molar-refractivity contribution in [2.24, 2.45) is 5.92 Å². The van der Waals surface area contributed by atoms with Gasteiger partial charge in [0.25, 0.3) is 0 Å². The van der Waals surface area contributed by atoms with Gasteiger partial charge in [-0.15, -0.1) is 11.3 Å². The van der Waals surface area contributed by atoms with E-state index in [1.54, 1.807) is 11.3 Å². The number of nitrogens with zero attached hydrogens (tertiary/aromatic N) is 1. The van der Waals surface area contributed by atoms with Gasteiger partial charge in [-0.2, -0.15) is 0 Å². The minimum absolute atomic E-state index is 0.164. The molecule has 0 aliphatic heterocycles. The van der Waals surface area contributed by atoms with Gasteiger partial charge in [0.1, 0.15) is 5.60 Å². The topological polar surface area (TPSA) is 45.1 Å². The van der Waals surface area contributed by atoms with Crippen molar-refractivity contribution in [3.8, 4) is 0 Å². The van der Waals surface area contributed by atoms with Crippen molar-refractivity contribution in [2.45, 2.75) is 38.8 Å². The van der Waals surface area contributed by atoms with Gasteiger partial charge in [-0.25, -0.2) is 0 Å². The summed E-state index contributed by atoms with van der Waals surface area (Å²) in [5.74, 6) is 0.566. The molecule has 0 amide bonds. The Bertz CT molecular complexity index is 523. The van der Waals surface area contributed by atoms with Gasteiger partial charge in [-0.3, -0.25) is 4.98 Å². The second-order valence-corrected chi connectivity index (χ2v) is 7.02. The van der Waals surface area contributed by atoms with E-state index in [1.807, 2.05) is 48.8 Å². The van der Waals surface area contributed by atoms with E-state index in [1.165, 1.54) is 0 Å². The van der Waals surface area contributed by atoms with E-state index in [4.69, 9.17) is 0 Å². The van der Waals surface area contributed by atoms with Gasteiger partial charge in [0.2, 0.25) is 0 Å². The molecule has 2 aromatic rings. The van der Waals surface area contributed by atoms with Crippen LogP contribution in [0.25, 0.3) is 0 Å². The van der Waals surface area contributed by atoms with Gasteiger partial charge in [-0.05, 0) is 42.8 Å². The van der Waals surface area contributed by atoms with Crippen LogP contribution in [0, 0.1) is 5.92 Å². The summed E-state index contributed by atoms with van der Waals surface area (Å²) in [5.41, 5.74) is 0.186. The maximum Gasteiger partial charge on any atom is 0.108 e. The van der Waals surface area contributed by atoms with Crippen LogP contribution in [0.5, 0.6) is 0 Å². The quantitative estimate of drug-likeness (QED) is 0.819. The van der Waals surface area contributed by atoms with Crippen molar-refractivity contribution in [1.29, 1.82) is 0 Å². The van der Waals surface area contributed by atoms with Crippen LogP contribution in [-0.2, 0) is 5.60 Å². The largest absolute Gasteiger partial charge is 0.383 e. The number of pyridine rings is 1. The summed E-state index contributed by atoms with van der Waals surface area (Å²) in [5, 5.41) is 16.1. The molecule has 2 aromatic heterocycles. The van der Waals surface area contributed by atoms with Crippen LogP contribution in [0.4, 0.5) is 0 Å². The lowest BCUT2D eigenvalue weighted by Gasteiger charge is -2.27. The van der Waals surface area contributed by atoms with Crippen LogP contribution in [0.2, 0.25) is 0 Å². The third-order valence-corrected chi connectivity index (χ3v) is 4.62. The van der Waals surface area contributed by atoms with Crippen molar-refractivity contribution in [2.75, 3.05) is 6.54 Å². The van der Waals surface area contributed by atoms with Crippen LogP contribution in [0.15, 0.2) is 41.9 Å². The average molecular weight is 304 g/mol. The molecular weight excluding hydrogens is 280 g/mol. The molecule has 0 unspecified atom stereocenters. The first-order chi connectivity index (χ1) is 9.99. The van der Waals surface area contributed by atoms with Crippen LogP contribution in [0.3, 0.4) is 0 Å². The highest BCUT2D eigenvalue weighted by Crippen LogP contribution is 2.26. The van der Waals surface area contributed by atoms with Gasteiger partial charge < -0.3 is 10.4 Å². The Morgan fingerprint density at radius 3 is 2.67 bits per heavy atom. The molecule has 0 radical (unpaired) electrons. The summed E-state index contributed by atoms with van der Waals surface area (Å²) in [4.78, 5) is 5.44. The van der Waals surface area contributed by atoms with Gasteiger partial charge in [-0.1, -0.05) is 26.0 Å². The maximum atomic E-state index is 10.6. The van der Waals surface area contributed by atoms with Crippen molar-refractivity contribution < 1.29 is 5.11 Å². The highest BCUT2D eigenvalue weighted by atomic mass is 32.1. The summed E-state index contributed by atoms with van der Waals surface area (Å²) < 4.78 is 0. The highest BCUT2D eigenvalue weighted by molar-refractivity contribution is 7.10. The molecule has 0 aliphatic rings. The van der Waals surface area contributed by atoms with Crippen LogP contribution in [0.1, 0.15) is 43.8 Å². The van der Waals surface area contributed by atoms with Gasteiger partial charge in [0.15, 0.2) is 0 Å². The lowest BCUT2D eigenvalue weighted by atomic mass is 9.98. The zero-order valence-corrected chi connectivity index (χ0v) is 13.7. The maximum absolute atomic E-state index is 10.6. The molecule has 2 atom stereocenters. The van der Waals surface area contributed by atoms with Crippen LogP contribution >= 0.6 is 11.3 Å². The summed E-state index contributed by atoms with van der Waals surface area (Å²) >= 11 is 1.59. The SMILES string of the molecule is CC(C)C[C@H](NC[C@](C)(O)c1cccs1)c1ccccn1. The molecule has 3 nitrogen and oxygen atoms in total. The molecule has 0 saturated heterocycles. The van der Waals surface area contributed by atoms with Crippen LogP contribution in [-0.4, -0.2) is 16.6 Å². The van der Waals surface area contributed by atoms with Crippen molar-refractivity contribution in [1.82, 2.24) is 10.3 Å². The Morgan fingerprint density at radius 1 is 1.29 bits per heavy atom. The minimum atomic E-state index is -0.849. The standard InChI is InChI=1S/C17H24N2OS/c1-13(2)11-15(14-7-4-5-9-18-14)19-12-17(3,20)16-8-6-10-21-16/h4-10,13,15,19-20H,11-12H2,1-3H3/t15-,17-/m0/s1. The number of thiophene rings is 1. The molecule has 0 spiro atoms. The number of hydrogen-bond donors (Lipinski definition) is 2. The number of aliphatic hydroxyl groups is 1. The fourth-order valence-electron chi connectivity index (χ4n) is 2.36. The van der Waals surface area contributed by atoms with Crippen molar-refractivity contribution in [3.63, 3.8) is 0 Å². The molecule has 2 heterocycles. The fourth-order valence-corrected chi connectivity index (χ4v) is 3.14. The summed E-state index contributed by atoms with van der Waals surface area (Å²) in [7, 11) is 0. The zero-order chi connectivity index (χ0) is 15.3. The predicted octanol–water partition coefficient (Wildman–Crippen LogP) is 3.73. The van der Waals surface area contributed by atoms with Crippen LogP contribution < -0.4 is 5.32 Å². The highest BCUT2D eigenvalue weighted by Gasteiger charge is 2.26. The van der Waals surface area contributed by atoms with E-state index in [0.29, 0.717) is 12.5 Å². The summed E-state index contributed by atoms with van der Waals surface area (Å²) in [6.45, 7) is 6.78. The first kappa shape index (κ1) is 16.1. The second kappa shape index (κ2) is 7.16. The van der Waals surface area contributed by atoms with E-state index in [-0.39, 0.29) is 6.04 Å². The van der Waals surface area contributed by atoms with Crippen molar-refractivity contribution >= 4 is 11.3 Å². The number of rotatable bonds is 7. The Kier molecular flexibility index (Phi) is 5.51. The predicted molar refractivity (Wildman–Crippen MR) is 88.3 cm³/mol. The molecule has 4 heteroatoms. The average Bonchev–Trinajstić information content (AvgIpc) is 2.99. The van der Waals surface area contributed by atoms with Gasteiger partial charge >= 0.3 is 0 Å². The minimum Gasteiger partial charge on any atom is -0.383 e. The zero-order valence-electron chi connectivity index (χ0n) is 12.9. The Labute approximate surface area is 131 Å². The first-order valence-corrected chi connectivity index (χ1v) is 8.27. The third kappa shape index (κ3) is 4.63. The molecule has 0 saturated carbocycles. The molecule has 0 bridgehead atoms. The lowest BCUT2D eigenvalue weighted by molar-refractivity contribution is 0.0564. The van der Waals surface area contributed by atoms with E-state index in [9.17, 15) is 5.11 Å². The first-order valence-electron chi connectivity index (χ1n) is 7.39. The van der Waals surface area contributed by atoms with E-state index in [2.05, 4.69) is 24.1 Å². The molecule has 2 N–H and O–H groups in total. The van der Waals surface area contributed by atoms with Gasteiger partial charge in [0.05, 0.1) is 5.69 Å². The Balaban J connectivity index is 2.06. The Morgan fingerprint density at radius 2 is 2.10 bits per heavy atom. The van der Waals surface area contributed by atoms with Gasteiger partial charge in [0, 0.05) is 23.7 Å². The summed E-state index contributed by atoms with van der Waals surface area (Å²) in [6, 6.07) is 10.1. The molecular formula is C17H24N2OS. The molecule has 0 aromatic carbocycles. The number of hydrogen-bond acceptors (Lipinski definition) is 4. The molecule has 21 heavy (non-hydrogen) atoms. The summed E-state index contributed by atoms with van der Waals surface area (Å²) in [6.07, 6.45) is 2.82. The molecule has 114 valence electrons. The molecule has 0 aliphatic carbocycles. The number of aromatic nitrogens is 1.